The molecular formula is C23H34N4O3. The highest BCUT2D eigenvalue weighted by Crippen LogP contribution is 2.43. The van der Waals surface area contributed by atoms with Gasteiger partial charge in [-0.15, -0.1) is 0 Å². The molecule has 4 aliphatic rings. The molecule has 164 valence electrons. The lowest BCUT2D eigenvalue weighted by Crippen LogP contribution is -2.45. The minimum Gasteiger partial charge on any atom is -0.461 e. The van der Waals surface area contributed by atoms with Gasteiger partial charge in [-0.2, -0.15) is 5.10 Å². The molecule has 30 heavy (non-hydrogen) atoms. The van der Waals surface area contributed by atoms with E-state index in [0.29, 0.717) is 25.9 Å². The number of amides is 1. The third kappa shape index (κ3) is 3.88. The van der Waals surface area contributed by atoms with Crippen LogP contribution in [0.5, 0.6) is 0 Å². The predicted molar refractivity (Wildman–Crippen MR) is 112 cm³/mol. The summed E-state index contributed by atoms with van der Waals surface area (Å²) in [6, 6.07) is 0. The van der Waals surface area contributed by atoms with Gasteiger partial charge in [0.25, 0.3) is 0 Å². The van der Waals surface area contributed by atoms with Gasteiger partial charge in [0.1, 0.15) is 6.10 Å². The van der Waals surface area contributed by atoms with E-state index in [0.717, 1.165) is 57.4 Å². The lowest BCUT2D eigenvalue weighted by molar-refractivity contribution is -0.152. The number of aromatic amines is 1. The maximum Gasteiger partial charge on any atom is 0.312 e. The van der Waals surface area contributed by atoms with Crippen molar-refractivity contribution in [3.8, 4) is 0 Å². The Labute approximate surface area is 178 Å². The number of carbonyl (C=O) groups is 2. The summed E-state index contributed by atoms with van der Waals surface area (Å²) in [5, 5.41) is 7.64. The number of ether oxygens (including phenoxy) is 1. The quantitative estimate of drug-likeness (QED) is 0.748. The van der Waals surface area contributed by atoms with Crippen LogP contribution in [-0.2, 0) is 33.6 Å². The average molecular weight is 415 g/mol. The van der Waals surface area contributed by atoms with Crippen LogP contribution in [-0.4, -0.2) is 70.7 Å². The summed E-state index contributed by atoms with van der Waals surface area (Å²) >= 11 is 0. The minimum absolute atomic E-state index is 0.0260. The van der Waals surface area contributed by atoms with E-state index in [1.54, 1.807) is 0 Å². The van der Waals surface area contributed by atoms with Gasteiger partial charge in [0, 0.05) is 44.6 Å². The first kappa shape index (κ1) is 20.0. The van der Waals surface area contributed by atoms with Gasteiger partial charge in [-0.1, -0.05) is 0 Å². The van der Waals surface area contributed by atoms with Crippen LogP contribution in [0.3, 0.4) is 0 Å². The van der Waals surface area contributed by atoms with Crippen molar-refractivity contribution in [1.29, 1.82) is 0 Å². The average Bonchev–Trinajstić information content (AvgIpc) is 3.48. The van der Waals surface area contributed by atoms with Crippen molar-refractivity contribution in [2.75, 3.05) is 32.7 Å². The highest BCUT2D eigenvalue weighted by Gasteiger charge is 2.51. The number of hydrogen-bond donors (Lipinski definition) is 1. The molecule has 0 saturated carbocycles. The molecule has 7 nitrogen and oxygen atoms in total. The van der Waals surface area contributed by atoms with Crippen LogP contribution < -0.4 is 0 Å². The molecule has 1 N–H and O–H groups in total. The van der Waals surface area contributed by atoms with Crippen molar-refractivity contribution in [2.45, 2.75) is 76.7 Å². The topological polar surface area (TPSA) is 78.5 Å². The Balaban J connectivity index is 1.11. The maximum absolute atomic E-state index is 12.8. The second-order valence-electron chi connectivity index (χ2n) is 9.73. The van der Waals surface area contributed by atoms with E-state index in [1.807, 2.05) is 4.90 Å². The lowest BCUT2D eigenvalue weighted by Gasteiger charge is -2.36. The van der Waals surface area contributed by atoms with Crippen molar-refractivity contribution in [2.24, 2.45) is 5.41 Å². The molecule has 0 radical (unpaired) electrons. The number of fused-ring (bicyclic) bond motifs is 1. The summed E-state index contributed by atoms with van der Waals surface area (Å²) in [6.07, 6.45) is 10.7. The first-order valence-corrected chi connectivity index (χ1v) is 11.9. The molecule has 3 aliphatic heterocycles. The highest BCUT2D eigenvalue weighted by molar-refractivity contribution is 5.81. The predicted octanol–water partition coefficient (Wildman–Crippen LogP) is 2.24. The summed E-state index contributed by atoms with van der Waals surface area (Å²) in [7, 11) is 0. The standard InChI is InChI=1S/C23H34N4O3/c28-21(8-7-20-18-5-1-2-6-19(18)24-25-20)27-13-9-23(10-14-27)15-17(30-22(23)29)16-26-11-3-4-12-26/h17H,1-16H2,(H,24,25). The van der Waals surface area contributed by atoms with Gasteiger partial charge < -0.3 is 9.64 Å². The lowest BCUT2D eigenvalue weighted by atomic mass is 9.76. The molecule has 1 aliphatic carbocycles. The van der Waals surface area contributed by atoms with Gasteiger partial charge in [0.15, 0.2) is 0 Å². The maximum atomic E-state index is 12.8. The molecule has 1 atom stereocenters. The number of piperidine rings is 1. The Morgan fingerprint density at radius 2 is 1.87 bits per heavy atom. The van der Waals surface area contributed by atoms with Crippen molar-refractivity contribution < 1.29 is 14.3 Å². The van der Waals surface area contributed by atoms with Crippen LogP contribution in [0.25, 0.3) is 0 Å². The van der Waals surface area contributed by atoms with Gasteiger partial charge >= 0.3 is 5.97 Å². The van der Waals surface area contributed by atoms with Gasteiger partial charge in [0.2, 0.25) is 5.91 Å². The van der Waals surface area contributed by atoms with Gasteiger partial charge in [-0.3, -0.25) is 19.6 Å². The van der Waals surface area contributed by atoms with Crippen molar-refractivity contribution >= 4 is 11.9 Å². The molecule has 1 spiro atoms. The smallest absolute Gasteiger partial charge is 0.312 e. The van der Waals surface area contributed by atoms with E-state index < -0.39 is 0 Å². The molecule has 7 heteroatoms. The zero-order valence-electron chi connectivity index (χ0n) is 18.0. The summed E-state index contributed by atoms with van der Waals surface area (Å²) < 4.78 is 5.77. The number of cyclic esters (lactones) is 1. The number of hydrogen-bond acceptors (Lipinski definition) is 5. The van der Waals surface area contributed by atoms with Crippen LogP contribution in [0.4, 0.5) is 0 Å². The van der Waals surface area contributed by atoms with E-state index in [-0.39, 0.29) is 23.4 Å². The Kier molecular flexibility index (Phi) is 5.56. The molecule has 1 aromatic heterocycles. The highest BCUT2D eigenvalue weighted by atomic mass is 16.6. The van der Waals surface area contributed by atoms with Crippen molar-refractivity contribution in [1.82, 2.24) is 20.0 Å². The van der Waals surface area contributed by atoms with E-state index >= 15 is 0 Å². The SMILES string of the molecule is O=C(CCc1n[nH]c2c1CCCC2)N1CCC2(CC1)CC(CN1CCCC1)OC2=O. The molecular weight excluding hydrogens is 380 g/mol. The monoisotopic (exact) mass is 414 g/mol. The molecule has 3 saturated heterocycles. The number of likely N-dealkylation sites (tertiary alicyclic amines) is 2. The number of esters is 1. The Hall–Kier alpha value is -1.89. The summed E-state index contributed by atoms with van der Waals surface area (Å²) in [6.45, 7) is 4.47. The third-order valence-corrected chi connectivity index (χ3v) is 7.78. The Bertz CT molecular complexity index is 790. The third-order valence-electron chi connectivity index (χ3n) is 7.78. The molecule has 1 aromatic rings. The largest absolute Gasteiger partial charge is 0.461 e. The number of aryl methyl sites for hydroxylation is 2. The fourth-order valence-corrected chi connectivity index (χ4v) is 5.92. The summed E-state index contributed by atoms with van der Waals surface area (Å²) in [5.41, 5.74) is 3.34. The van der Waals surface area contributed by atoms with E-state index in [2.05, 4.69) is 15.1 Å². The number of aromatic nitrogens is 2. The fraction of sp³-hybridized carbons (Fsp3) is 0.783. The number of H-pyrrole nitrogens is 1. The second-order valence-corrected chi connectivity index (χ2v) is 9.73. The van der Waals surface area contributed by atoms with Crippen molar-refractivity contribution in [3.05, 3.63) is 17.0 Å². The molecule has 1 unspecified atom stereocenters. The summed E-state index contributed by atoms with van der Waals surface area (Å²) in [4.78, 5) is 29.8. The molecule has 3 fully saturated rings. The Morgan fingerprint density at radius 3 is 2.67 bits per heavy atom. The molecule has 0 aromatic carbocycles. The fourth-order valence-electron chi connectivity index (χ4n) is 5.92. The number of nitrogens with one attached hydrogen (secondary N) is 1. The van der Waals surface area contributed by atoms with Gasteiger partial charge in [-0.05, 0) is 70.0 Å². The zero-order chi connectivity index (χ0) is 20.6. The molecule has 5 rings (SSSR count). The number of rotatable bonds is 5. The first-order chi connectivity index (χ1) is 14.6. The van der Waals surface area contributed by atoms with E-state index in [4.69, 9.17) is 4.74 Å². The first-order valence-electron chi connectivity index (χ1n) is 11.9. The Morgan fingerprint density at radius 1 is 1.10 bits per heavy atom. The summed E-state index contributed by atoms with van der Waals surface area (Å²) in [5.74, 6) is 0.166. The number of carbonyl (C=O) groups excluding carboxylic acids is 2. The van der Waals surface area contributed by atoms with Gasteiger partial charge in [0.05, 0.1) is 11.1 Å². The minimum atomic E-state index is -0.359. The molecule has 1 amide bonds. The van der Waals surface area contributed by atoms with E-state index in [1.165, 1.54) is 36.9 Å². The normalized spacial score (nSPS) is 26.2. The van der Waals surface area contributed by atoms with Gasteiger partial charge in [-0.25, -0.2) is 0 Å². The van der Waals surface area contributed by atoms with Crippen LogP contribution >= 0.6 is 0 Å². The van der Waals surface area contributed by atoms with E-state index in [9.17, 15) is 9.59 Å². The second kappa shape index (κ2) is 8.33. The molecule has 4 heterocycles. The van der Waals surface area contributed by atoms with Crippen LogP contribution in [0, 0.1) is 5.41 Å². The molecule has 0 bridgehead atoms. The van der Waals surface area contributed by atoms with Crippen LogP contribution in [0.1, 0.15) is 68.3 Å². The zero-order valence-corrected chi connectivity index (χ0v) is 18.0. The van der Waals surface area contributed by atoms with Crippen LogP contribution in [0.2, 0.25) is 0 Å². The number of nitrogens with zero attached hydrogens (tertiary/aromatic N) is 3. The van der Waals surface area contributed by atoms with Crippen LogP contribution in [0.15, 0.2) is 0 Å². The van der Waals surface area contributed by atoms with Crippen molar-refractivity contribution in [3.63, 3.8) is 0 Å².